The van der Waals surface area contributed by atoms with Crippen LogP contribution in [-0.2, 0) is 6.61 Å². The van der Waals surface area contributed by atoms with E-state index in [-0.39, 0.29) is 34.8 Å². The van der Waals surface area contributed by atoms with Gasteiger partial charge in [0.05, 0.1) is 10.0 Å². The van der Waals surface area contributed by atoms with Crippen molar-refractivity contribution < 1.29 is 14.1 Å². The number of aromatic nitrogens is 3. The third-order valence-electron chi connectivity index (χ3n) is 5.77. The SMILES string of the molecule is Cc1ccc(-n2c(C)nnc2S[C@@H](C[N+](=O)[O-])c2cc(Cl)c(OCc3cccc(F)c3)c(Cl)c2)cc1C. The van der Waals surface area contributed by atoms with Crippen molar-refractivity contribution in [3.63, 3.8) is 0 Å². The fourth-order valence-electron chi connectivity index (χ4n) is 3.74. The molecule has 0 fully saturated rings. The van der Waals surface area contributed by atoms with Gasteiger partial charge >= 0.3 is 0 Å². The number of halogens is 3. The Bertz CT molecular complexity index is 1440. The first kappa shape index (κ1) is 26.9. The molecule has 4 rings (SSSR count). The van der Waals surface area contributed by atoms with Crippen LogP contribution in [0.3, 0.4) is 0 Å². The van der Waals surface area contributed by atoms with Crippen LogP contribution >= 0.6 is 35.0 Å². The first-order valence-electron chi connectivity index (χ1n) is 11.3. The van der Waals surface area contributed by atoms with Crippen LogP contribution in [0.5, 0.6) is 5.75 Å². The Morgan fingerprint density at radius 3 is 2.43 bits per heavy atom. The average molecular weight is 561 g/mol. The maximum atomic E-state index is 13.5. The summed E-state index contributed by atoms with van der Waals surface area (Å²) in [5, 5.41) is 20.3. The van der Waals surface area contributed by atoms with Gasteiger partial charge in [-0.05, 0) is 79.4 Å². The van der Waals surface area contributed by atoms with Crippen LogP contribution < -0.4 is 4.74 Å². The normalized spacial score (nSPS) is 11.9. The van der Waals surface area contributed by atoms with Crippen molar-refractivity contribution in [2.45, 2.75) is 37.8 Å². The van der Waals surface area contributed by atoms with Gasteiger partial charge in [-0.3, -0.25) is 14.7 Å². The lowest BCUT2D eigenvalue weighted by atomic mass is 10.1. The predicted molar refractivity (Wildman–Crippen MR) is 143 cm³/mol. The predicted octanol–water partition coefficient (Wildman–Crippen LogP) is 7.33. The lowest BCUT2D eigenvalue weighted by molar-refractivity contribution is -0.479. The van der Waals surface area contributed by atoms with Gasteiger partial charge in [0.2, 0.25) is 6.54 Å². The molecule has 0 unspecified atom stereocenters. The summed E-state index contributed by atoms with van der Waals surface area (Å²) in [7, 11) is 0. The molecular formula is C26H23Cl2FN4O3S. The number of hydrogen-bond donors (Lipinski definition) is 0. The summed E-state index contributed by atoms with van der Waals surface area (Å²) in [4.78, 5) is 11.2. The van der Waals surface area contributed by atoms with Gasteiger partial charge in [0, 0.05) is 10.6 Å². The summed E-state index contributed by atoms with van der Waals surface area (Å²) in [6.45, 7) is 5.54. The molecule has 0 amide bonds. The second kappa shape index (κ2) is 11.5. The van der Waals surface area contributed by atoms with Crippen molar-refractivity contribution in [2.75, 3.05) is 6.54 Å². The fraction of sp³-hybridized carbons (Fsp3) is 0.231. The van der Waals surface area contributed by atoms with E-state index in [0.29, 0.717) is 22.1 Å². The minimum atomic E-state index is -0.656. The topological polar surface area (TPSA) is 83.1 Å². The molecule has 7 nitrogen and oxygen atoms in total. The number of hydrogen-bond acceptors (Lipinski definition) is 6. The van der Waals surface area contributed by atoms with Crippen molar-refractivity contribution in [3.8, 4) is 11.4 Å². The molecule has 1 atom stereocenters. The number of ether oxygens (including phenoxy) is 1. The summed E-state index contributed by atoms with van der Waals surface area (Å²) in [6.07, 6.45) is 0. The van der Waals surface area contributed by atoms with Crippen LogP contribution in [0.4, 0.5) is 4.39 Å². The Kier molecular flexibility index (Phi) is 8.36. The van der Waals surface area contributed by atoms with E-state index in [9.17, 15) is 14.5 Å². The van der Waals surface area contributed by atoms with E-state index in [2.05, 4.69) is 10.2 Å². The highest BCUT2D eigenvalue weighted by Gasteiger charge is 2.26. The van der Waals surface area contributed by atoms with Crippen LogP contribution in [-0.4, -0.2) is 26.2 Å². The molecule has 1 aromatic heterocycles. The number of thioether (sulfide) groups is 1. The molecule has 0 bridgehead atoms. The zero-order valence-corrected chi connectivity index (χ0v) is 22.6. The number of rotatable bonds is 9. The van der Waals surface area contributed by atoms with E-state index in [1.54, 1.807) is 24.3 Å². The van der Waals surface area contributed by atoms with Gasteiger partial charge in [-0.15, -0.1) is 10.2 Å². The van der Waals surface area contributed by atoms with Gasteiger partial charge in [-0.25, -0.2) is 4.39 Å². The highest BCUT2D eigenvalue weighted by atomic mass is 35.5. The van der Waals surface area contributed by atoms with Gasteiger partial charge in [-0.1, -0.05) is 53.2 Å². The first-order valence-corrected chi connectivity index (χ1v) is 12.9. The molecule has 1 heterocycles. The highest BCUT2D eigenvalue weighted by Crippen LogP contribution is 2.42. The molecule has 0 N–H and O–H groups in total. The van der Waals surface area contributed by atoms with Crippen LogP contribution in [0.15, 0.2) is 59.8 Å². The van der Waals surface area contributed by atoms with E-state index in [1.807, 2.05) is 43.5 Å². The molecule has 0 aliphatic carbocycles. The van der Waals surface area contributed by atoms with Gasteiger partial charge < -0.3 is 4.74 Å². The zero-order chi connectivity index (χ0) is 26.7. The molecule has 0 saturated heterocycles. The van der Waals surface area contributed by atoms with Crippen LogP contribution in [0, 0.1) is 36.7 Å². The summed E-state index contributed by atoms with van der Waals surface area (Å²) in [5.41, 5.74) is 4.28. The molecule has 192 valence electrons. The van der Waals surface area contributed by atoms with Crippen LogP contribution in [0.2, 0.25) is 10.0 Å². The molecule has 0 spiro atoms. The third kappa shape index (κ3) is 6.41. The van der Waals surface area contributed by atoms with Crippen LogP contribution in [0.1, 0.15) is 33.3 Å². The summed E-state index contributed by atoms with van der Waals surface area (Å²) < 4.78 is 21.1. The Balaban J connectivity index is 1.63. The van der Waals surface area contributed by atoms with Gasteiger partial charge in [0.15, 0.2) is 10.9 Å². The third-order valence-corrected chi connectivity index (χ3v) is 7.51. The second-order valence-electron chi connectivity index (χ2n) is 8.49. The lowest BCUT2D eigenvalue weighted by Crippen LogP contribution is -2.11. The maximum absolute atomic E-state index is 13.5. The van der Waals surface area contributed by atoms with E-state index in [4.69, 9.17) is 27.9 Å². The van der Waals surface area contributed by atoms with E-state index in [1.165, 1.54) is 23.9 Å². The van der Waals surface area contributed by atoms with Crippen molar-refractivity contribution in [1.82, 2.24) is 14.8 Å². The van der Waals surface area contributed by atoms with E-state index < -0.39 is 10.2 Å². The van der Waals surface area contributed by atoms with Crippen molar-refractivity contribution in [2.24, 2.45) is 0 Å². The number of nitro groups is 1. The molecule has 0 saturated carbocycles. The minimum absolute atomic E-state index is 0.0575. The summed E-state index contributed by atoms with van der Waals surface area (Å²) in [6, 6.07) is 15.2. The smallest absolute Gasteiger partial charge is 0.220 e. The molecule has 11 heteroatoms. The molecule has 0 aliphatic rings. The average Bonchev–Trinajstić information content (AvgIpc) is 3.19. The Labute approximate surface area is 227 Å². The monoisotopic (exact) mass is 560 g/mol. The Morgan fingerprint density at radius 2 is 1.78 bits per heavy atom. The standard InChI is InChI=1S/C26H23Cl2FN4O3S/c1-15-7-8-21(9-16(15)2)33-17(3)30-31-26(33)37-24(13-32(34)35)19-11-22(27)25(23(28)12-19)36-14-18-5-4-6-20(29)10-18/h4-12,24H,13-14H2,1-3H3/t24-/m0/s1. The number of nitrogens with zero attached hydrogens (tertiary/aromatic N) is 4. The Hall–Kier alpha value is -3.14. The second-order valence-corrected chi connectivity index (χ2v) is 10.5. The largest absolute Gasteiger partial charge is 0.486 e. The molecule has 37 heavy (non-hydrogen) atoms. The number of benzene rings is 3. The van der Waals surface area contributed by atoms with E-state index >= 15 is 0 Å². The lowest BCUT2D eigenvalue weighted by Gasteiger charge is -2.17. The zero-order valence-electron chi connectivity index (χ0n) is 20.2. The van der Waals surface area contributed by atoms with E-state index in [0.717, 1.165) is 16.8 Å². The van der Waals surface area contributed by atoms with Crippen molar-refractivity contribution >= 4 is 35.0 Å². The molecule has 3 aromatic carbocycles. The summed E-state index contributed by atoms with van der Waals surface area (Å²) >= 11 is 14.2. The minimum Gasteiger partial charge on any atom is -0.486 e. The van der Waals surface area contributed by atoms with Gasteiger partial charge in [-0.2, -0.15) is 0 Å². The molecular weight excluding hydrogens is 538 g/mol. The molecule has 4 aromatic rings. The molecule has 0 aliphatic heterocycles. The van der Waals surface area contributed by atoms with Crippen LogP contribution in [0.25, 0.3) is 5.69 Å². The Morgan fingerprint density at radius 1 is 1.05 bits per heavy atom. The van der Waals surface area contributed by atoms with Gasteiger partial charge in [0.25, 0.3) is 0 Å². The van der Waals surface area contributed by atoms with Crippen molar-refractivity contribution in [1.29, 1.82) is 0 Å². The fourth-order valence-corrected chi connectivity index (χ4v) is 5.51. The first-order chi connectivity index (χ1) is 17.6. The van der Waals surface area contributed by atoms with Gasteiger partial charge in [0.1, 0.15) is 23.5 Å². The highest BCUT2D eigenvalue weighted by molar-refractivity contribution is 7.99. The molecule has 0 radical (unpaired) electrons. The number of aryl methyl sites for hydroxylation is 3. The van der Waals surface area contributed by atoms with Crippen molar-refractivity contribution in [3.05, 3.63) is 109 Å². The summed E-state index contributed by atoms with van der Waals surface area (Å²) in [5.74, 6) is 0.496. The quantitative estimate of drug-likeness (QED) is 0.121. The maximum Gasteiger partial charge on any atom is 0.220 e.